The normalized spacial score (nSPS) is 12.7. The standard InChI is InChI=1S/C16H27NO/c1-4-8-16(18)14-9-7-10-15(11-14)17-12-13(5-2)6-3/h7,9-11,13,16-18H,4-6,8,12H2,1-3H3. The minimum absolute atomic E-state index is 0.329. The Balaban J connectivity index is 2.59. The average Bonchev–Trinajstić information content (AvgIpc) is 2.40. The fourth-order valence-electron chi connectivity index (χ4n) is 2.14. The molecule has 1 atom stereocenters. The maximum Gasteiger partial charge on any atom is 0.0790 e. The second kappa shape index (κ2) is 8.15. The molecule has 0 radical (unpaired) electrons. The molecule has 2 N–H and O–H groups in total. The fraction of sp³-hybridized carbons (Fsp3) is 0.625. The highest BCUT2D eigenvalue weighted by Crippen LogP contribution is 2.21. The lowest BCUT2D eigenvalue weighted by Gasteiger charge is -2.16. The number of hydrogen-bond acceptors (Lipinski definition) is 2. The van der Waals surface area contributed by atoms with Gasteiger partial charge < -0.3 is 10.4 Å². The van der Waals surface area contributed by atoms with Gasteiger partial charge in [-0.1, -0.05) is 52.2 Å². The molecule has 0 aromatic heterocycles. The molecule has 0 aliphatic heterocycles. The van der Waals surface area contributed by atoms with Crippen LogP contribution in [0, 0.1) is 5.92 Å². The van der Waals surface area contributed by atoms with E-state index in [9.17, 15) is 5.11 Å². The highest BCUT2D eigenvalue weighted by molar-refractivity contribution is 5.46. The van der Waals surface area contributed by atoms with Crippen LogP contribution in [-0.4, -0.2) is 11.7 Å². The predicted octanol–water partition coefficient (Wildman–Crippen LogP) is 4.37. The van der Waals surface area contributed by atoms with Crippen LogP contribution in [0.15, 0.2) is 24.3 Å². The summed E-state index contributed by atoms with van der Waals surface area (Å²) in [6.07, 6.45) is 3.93. The number of hydrogen-bond donors (Lipinski definition) is 2. The highest BCUT2D eigenvalue weighted by atomic mass is 16.3. The molecular weight excluding hydrogens is 222 g/mol. The number of aliphatic hydroxyl groups is 1. The monoisotopic (exact) mass is 249 g/mol. The van der Waals surface area contributed by atoms with Gasteiger partial charge >= 0.3 is 0 Å². The number of nitrogens with one attached hydrogen (secondary N) is 1. The summed E-state index contributed by atoms with van der Waals surface area (Å²) in [5.41, 5.74) is 2.14. The Morgan fingerprint density at radius 3 is 2.50 bits per heavy atom. The summed E-state index contributed by atoms with van der Waals surface area (Å²) in [6.45, 7) is 7.58. The van der Waals surface area contributed by atoms with Gasteiger partial charge in [0.05, 0.1) is 6.10 Å². The Hall–Kier alpha value is -1.02. The van der Waals surface area contributed by atoms with E-state index in [1.165, 1.54) is 12.8 Å². The number of anilines is 1. The van der Waals surface area contributed by atoms with Crippen LogP contribution in [0.25, 0.3) is 0 Å². The predicted molar refractivity (Wildman–Crippen MR) is 78.9 cm³/mol. The second-order valence-corrected chi connectivity index (χ2v) is 4.99. The van der Waals surface area contributed by atoms with Crippen molar-refractivity contribution in [3.63, 3.8) is 0 Å². The van der Waals surface area contributed by atoms with Crippen LogP contribution in [0.2, 0.25) is 0 Å². The molecule has 0 heterocycles. The SMILES string of the molecule is CCCC(O)c1cccc(NCC(CC)CC)c1. The Bertz CT molecular complexity index is 334. The van der Waals surface area contributed by atoms with Crippen LogP contribution in [0.1, 0.15) is 58.1 Å². The Kier molecular flexibility index (Phi) is 6.81. The largest absolute Gasteiger partial charge is 0.388 e. The molecule has 0 fully saturated rings. The van der Waals surface area contributed by atoms with Crippen molar-refractivity contribution >= 4 is 5.69 Å². The highest BCUT2D eigenvalue weighted by Gasteiger charge is 2.07. The van der Waals surface area contributed by atoms with Crippen LogP contribution >= 0.6 is 0 Å². The lowest BCUT2D eigenvalue weighted by atomic mass is 10.0. The Morgan fingerprint density at radius 1 is 1.17 bits per heavy atom. The van der Waals surface area contributed by atoms with Gasteiger partial charge in [-0.05, 0) is 30.0 Å². The fourth-order valence-corrected chi connectivity index (χ4v) is 2.14. The van der Waals surface area contributed by atoms with Gasteiger partial charge in [-0.3, -0.25) is 0 Å². The first-order valence-electron chi connectivity index (χ1n) is 7.23. The molecule has 0 saturated carbocycles. The summed E-state index contributed by atoms with van der Waals surface area (Å²) < 4.78 is 0. The summed E-state index contributed by atoms with van der Waals surface area (Å²) in [5.74, 6) is 0.731. The maximum atomic E-state index is 9.99. The molecule has 0 aliphatic rings. The average molecular weight is 249 g/mol. The van der Waals surface area contributed by atoms with Gasteiger partial charge in [0, 0.05) is 12.2 Å². The lowest BCUT2D eigenvalue weighted by Crippen LogP contribution is -2.12. The summed E-state index contributed by atoms with van der Waals surface area (Å²) in [6, 6.07) is 8.17. The zero-order valence-corrected chi connectivity index (χ0v) is 11.9. The van der Waals surface area contributed by atoms with Crippen molar-refractivity contribution in [2.45, 2.75) is 52.6 Å². The molecule has 1 rings (SSSR count). The third-order valence-electron chi connectivity index (χ3n) is 3.58. The van der Waals surface area contributed by atoms with Gasteiger partial charge in [-0.2, -0.15) is 0 Å². The summed E-state index contributed by atoms with van der Waals surface area (Å²) in [4.78, 5) is 0. The molecule has 1 aromatic carbocycles. The molecule has 2 nitrogen and oxygen atoms in total. The van der Waals surface area contributed by atoms with Gasteiger partial charge in [-0.25, -0.2) is 0 Å². The first-order valence-corrected chi connectivity index (χ1v) is 7.23. The van der Waals surface area contributed by atoms with Gasteiger partial charge in [0.25, 0.3) is 0 Å². The van der Waals surface area contributed by atoms with E-state index in [1.54, 1.807) is 0 Å². The molecule has 0 bridgehead atoms. The van der Waals surface area contributed by atoms with Gasteiger partial charge in [0.15, 0.2) is 0 Å². The molecule has 102 valence electrons. The minimum atomic E-state index is -0.329. The molecule has 1 unspecified atom stereocenters. The third-order valence-corrected chi connectivity index (χ3v) is 3.58. The van der Waals surface area contributed by atoms with E-state index in [4.69, 9.17) is 0 Å². The lowest BCUT2D eigenvalue weighted by molar-refractivity contribution is 0.166. The van der Waals surface area contributed by atoms with Gasteiger partial charge in [-0.15, -0.1) is 0 Å². The molecule has 1 aromatic rings. The Morgan fingerprint density at radius 2 is 1.89 bits per heavy atom. The third kappa shape index (κ3) is 4.69. The molecule has 18 heavy (non-hydrogen) atoms. The van der Waals surface area contributed by atoms with Crippen molar-refractivity contribution < 1.29 is 5.11 Å². The zero-order chi connectivity index (χ0) is 13.4. The number of aliphatic hydroxyl groups excluding tert-OH is 1. The van der Waals surface area contributed by atoms with E-state index in [0.717, 1.165) is 36.6 Å². The maximum absolute atomic E-state index is 9.99. The van der Waals surface area contributed by atoms with Crippen molar-refractivity contribution in [3.8, 4) is 0 Å². The summed E-state index contributed by atoms with van der Waals surface area (Å²) in [7, 11) is 0. The molecule has 2 heteroatoms. The summed E-state index contributed by atoms with van der Waals surface area (Å²) in [5, 5.41) is 13.5. The minimum Gasteiger partial charge on any atom is -0.388 e. The van der Waals surface area contributed by atoms with E-state index >= 15 is 0 Å². The van der Waals surface area contributed by atoms with Gasteiger partial charge in [0.2, 0.25) is 0 Å². The van der Waals surface area contributed by atoms with Crippen LogP contribution < -0.4 is 5.32 Å². The van der Waals surface area contributed by atoms with Crippen molar-refractivity contribution in [3.05, 3.63) is 29.8 Å². The van der Waals surface area contributed by atoms with Crippen LogP contribution in [0.3, 0.4) is 0 Å². The van der Waals surface area contributed by atoms with Crippen LogP contribution in [0.5, 0.6) is 0 Å². The molecule has 0 saturated heterocycles. The molecular formula is C16H27NO. The molecule has 0 spiro atoms. The van der Waals surface area contributed by atoms with Crippen molar-refractivity contribution in [2.24, 2.45) is 5.92 Å². The van der Waals surface area contributed by atoms with E-state index in [-0.39, 0.29) is 6.10 Å². The molecule has 0 amide bonds. The van der Waals surface area contributed by atoms with Crippen molar-refractivity contribution in [1.29, 1.82) is 0 Å². The van der Waals surface area contributed by atoms with Gasteiger partial charge in [0.1, 0.15) is 0 Å². The summed E-state index contributed by atoms with van der Waals surface area (Å²) >= 11 is 0. The van der Waals surface area contributed by atoms with E-state index < -0.39 is 0 Å². The van der Waals surface area contributed by atoms with E-state index in [1.807, 2.05) is 12.1 Å². The zero-order valence-electron chi connectivity index (χ0n) is 11.9. The van der Waals surface area contributed by atoms with E-state index in [0.29, 0.717) is 0 Å². The number of rotatable bonds is 8. The topological polar surface area (TPSA) is 32.3 Å². The first kappa shape index (κ1) is 15.0. The molecule has 0 aliphatic carbocycles. The Labute approximate surface area is 111 Å². The van der Waals surface area contributed by atoms with Crippen LogP contribution in [-0.2, 0) is 0 Å². The van der Waals surface area contributed by atoms with Crippen molar-refractivity contribution in [2.75, 3.05) is 11.9 Å². The van der Waals surface area contributed by atoms with Crippen LogP contribution in [0.4, 0.5) is 5.69 Å². The van der Waals surface area contributed by atoms with Crippen molar-refractivity contribution in [1.82, 2.24) is 0 Å². The number of benzene rings is 1. The smallest absolute Gasteiger partial charge is 0.0790 e. The first-order chi connectivity index (χ1) is 8.71. The second-order valence-electron chi connectivity index (χ2n) is 4.99. The van der Waals surface area contributed by atoms with E-state index in [2.05, 4.69) is 38.2 Å². The quantitative estimate of drug-likeness (QED) is 0.717.